The maximum absolute atomic E-state index is 5.80. The van der Waals surface area contributed by atoms with Crippen molar-refractivity contribution in [2.45, 2.75) is 9.59 Å². The first-order valence-electron chi connectivity index (χ1n) is 5.62. The van der Waals surface area contributed by atoms with Crippen molar-refractivity contribution < 1.29 is 4.42 Å². The van der Waals surface area contributed by atoms with Crippen LogP contribution in [0.15, 0.2) is 51.4 Å². The maximum atomic E-state index is 5.80. The number of nitrogens with two attached hydrogens (primary N) is 1. The fourth-order valence-corrected chi connectivity index (χ4v) is 3.97. The molecule has 0 fully saturated rings. The molecule has 0 aliphatic heterocycles. The van der Waals surface area contributed by atoms with E-state index in [0.717, 1.165) is 15.6 Å². The Morgan fingerprint density at radius 1 is 1.28 bits per heavy atom. The van der Waals surface area contributed by atoms with Gasteiger partial charge in [-0.3, -0.25) is 0 Å². The van der Waals surface area contributed by atoms with Gasteiger partial charge in [-0.15, -0.1) is 11.3 Å². The van der Waals surface area contributed by atoms with E-state index in [2.05, 4.69) is 11.1 Å². The molecule has 3 nitrogen and oxygen atoms in total. The summed E-state index contributed by atoms with van der Waals surface area (Å²) >= 11 is 3.35. The van der Waals surface area contributed by atoms with Gasteiger partial charge in [0.15, 0.2) is 4.34 Å². The molecule has 2 aromatic heterocycles. The SMILES string of the molecule is NCC(Sc1nc2ccccc2s1)c1ccco1. The van der Waals surface area contributed by atoms with E-state index < -0.39 is 0 Å². The van der Waals surface area contributed by atoms with Crippen molar-refractivity contribution in [2.75, 3.05) is 6.54 Å². The first-order chi connectivity index (χ1) is 8.86. The fourth-order valence-electron chi connectivity index (χ4n) is 1.72. The Labute approximate surface area is 113 Å². The third-order valence-corrected chi connectivity index (χ3v) is 4.96. The van der Waals surface area contributed by atoms with Crippen molar-refractivity contribution in [1.29, 1.82) is 0 Å². The highest BCUT2D eigenvalue weighted by Gasteiger charge is 2.16. The minimum absolute atomic E-state index is 0.126. The van der Waals surface area contributed by atoms with Crippen molar-refractivity contribution in [1.82, 2.24) is 4.98 Å². The van der Waals surface area contributed by atoms with Crippen molar-refractivity contribution in [3.63, 3.8) is 0 Å². The highest BCUT2D eigenvalue weighted by molar-refractivity contribution is 8.01. The minimum Gasteiger partial charge on any atom is -0.468 e. The number of rotatable bonds is 4. The van der Waals surface area contributed by atoms with Crippen LogP contribution in [0.4, 0.5) is 0 Å². The number of hydrogen-bond donors (Lipinski definition) is 1. The van der Waals surface area contributed by atoms with Gasteiger partial charge in [-0.05, 0) is 24.3 Å². The lowest BCUT2D eigenvalue weighted by molar-refractivity contribution is 0.507. The topological polar surface area (TPSA) is 52.0 Å². The van der Waals surface area contributed by atoms with E-state index in [0.29, 0.717) is 6.54 Å². The predicted octanol–water partition coefficient (Wildman–Crippen LogP) is 3.68. The number of thiazole rings is 1. The number of aromatic nitrogens is 1. The quantitative estimate of drug-likeness (QED) is 0.738. The second-order valence-electron chi connectivity index (χ2n) is 3.81. The monoisotopic (exact) mass is 276 g/mol. The Morgan fingerprint density at radius 2 is 2.17 bits per heavy atom. The normalized spacial score (nSPS) is 12.9. The molecule has 3 aromatic rings. The van der Waals surface area contributed by atoms with Crippen LogP contribution in [-0.4, -0.2) is 11.5 Å². The molecule has 0 bridgehead atoms. The predicted molar refractivity (Wildman–Crippen MR) is 76.0 cm³/mol. The van der Waals surface area contributed by atoms with E-state index in [9.17, 15) is 0 Å². The molecule has 0 aliphatic carbocycles. The molecule has 0 spiro atoms. The number of nitrogens with zero attached hydrogens (tertiary/aromatic N) is 1. The zero-order chi connectivity index (χ0) is 12.4. The van der Waals surface area contributed by atoms with Gasteiger partial charge in [0.1, 0.15) is 5.76 Å². The van der Waals surface area contributed by atoms with E-state index in [1.807, 2.05) is 30.3 Å². The van der Waals surface area contributed by atoms with Crippen LogP contribution in [-0.2, 0) is 0 Å². The van der Waals surface area contributed by atoms with E-state index in [1.165, 1.54) is 4.70 Å². The Morgan fingerprint density at radius 3 is 2.89 bits per heavy atom. The highest BCUT2D eigenvalue weighted by atomic mass is 32.2. The van der Waals surface area contributed by atoms with Crippen molar-refractivity contribution in [3.8, 4) is 0 Å². The highest BCUT2D eigenvalue weighted by Crippen LogP contribution is 2.38. The molecule has 1 atom stereocenters. The molecule has 2 heterocycles. The zero-order valence-corrected chi connectivity index (χ0v) is 11.2. The van der Waals surface area contributed by atoms with Gasteiger partial charge in [0.25, 0.3) is 0 Å². The summed E-state index contributed by atoms with van der Waals surface area (Å²) in [5.74, 6) is 0.904. The van der Waals surface area contributed by atoms with Crippen LogP contribution >= 0.6 is 23.1 Å². The van der Waals surface area contributed by atoms with Crippen LogP contribution in [0.1, 0.15) is 11.0 Å². The molecule has 0 saturated heterocycles. The van der Waals surface area contributed by atoms with Gasteiger partial charge >= 0.3 is 0 Å². The Bertz CT molecular complexity index is 600. The molecule has 2 N–H and O–H groups in total. The average molecular weight is 276 g/mol. The summed E-state index contributed by atoms with van der Waals surface area (Å²) < 4.78 is 7.64. The summed E-state index contributed by atoms with van der Waals surface area (Å²) in [4.78, 5) is 4.59. The van der Waals surface area contributed by atoms with Gasteiger partial charge in [0.2, 0.25) is 0 Å². The summed E-state index contributed by atoms with van der Waals surface area (Å²) in [6.45, 7) is 0.536. The molecule has 92 valence electrons. The lowest BCUT2D eigenvalue weighted by Crippen LogP contribution is -2.08. The van der Waals surface area contributed by atoms with E-state index in [1.54, 1.807) is 29.4 Å². The summed E-state index contributed by atoms with van der Waals surface area (Å²) in [5.41, 5.74) is 6.84. The molecular formula is C13H12N2OS2. The molecule has 0 aliphatic rings. The lowest BCUT2D eigenvalue weighted by Gasteiger charge is -2.08. The van der Waals surface area contributed by atoms with Crippen molar-refractivity contribution in [2.24, 2.45) is 5.73 Å². The molecular weight excluding hydrogens is 264 g/mol. The van der Waals surface area contributed by atoms with Crippen LogP contribution in [0.3, 0.4) is 0 Å². The second kappa shape index (κ2) is 5.14. The molecule has 0 amide bonds. The third kappa shape index (κ3) is 2.29. The molecule has 1 unspecified atom stereocenters. The number of fused-ring (bicyclic) bond motifs is 1. The summed E-state index contributed by atoms with van der Waals surface area (Å²) in [5, 5.41) is 0.126. The van der Waals surface area contributed by atoms with Gasteiger partial charge in [-0.25, -0.2) is 4.98 Å². The van der Waals surface area contributed by atoms with Crippen LogP contribution in [0.2, 0.25) is 0 Å². The first kappa shape index (κ1) is 11.8. The summed E-state index contributed by atoms with van der Waals surface area (Å²) in [6.07, 6.45) is 1.68. The smallest absolute Gasteiger partial charge is 0.151 e. The Balaban J connectivity index is 1.86. The maximum Gasteiger partial charge on any atom is 0.151 e. The van der Waals surface area contributed by atoms with Crippen molar-refractivity contribution >= 4 is 33.3 Å². The number of benzene rings is 1. The number of thioether (sulfide) groups is 1. The molecule has 3 rings (SSSR count). The Hall–Kier alpha value is -1.30. The van der Waals surface area contributed by atoms with Gasteiger partial charge < -0.3 is 10.2 Å². The van der Waals surface area contributed by atoms with Crippen LogP contribution < -0.4 is 5.73 Å². The van der Waals surface area contributed by atoms with Crippen LogP contribution in [0, 0.1) is 0 Å². The van der Waals surface area contributed by atoms with E-state index in [-0.39, 0.29) is 5.25 Å². The number of hydrogen-bond acceptors (Lipinski definition) is 5. The zero-order valence-electron chi connectivity index (χ0n) is 9.58. The first-order valence-corrected chi connectivity index (χ1v) is 7.32. The average Bonchev–Trinajstić information content (AvgIpc) is 3.04. The lowest BCUT2D eigenvalue weighted by atomic mass is 10.3. The van der Waals surface area contributed by atoms with Crippen molar-refractivity contribution in [3.05, 3.63) is 48.4 Å². The van der Waals surface area contributed by atoms with Crippen LogP contribution in [0.25, 0.3) is 10.2 Å². The summed E-state index contributed by atoms with van der Waals surface area (Å²) in [6, 6.07) is 12.0. The molecule has 18 heavy (non-hydrogen) atoms. The van der Waals surface area contributed by atoms with E-state index in [4.69, 9.17) is 10.2 Å². The Kier molecular flexibility index (Phi) is 3.36. The molecule has 1 aromatic carbocycles. The second-order valence-corrected chi connectivity index (χ2v) is 6.29. The van der Waals surface area contributed by atoms with Crippen LogP contribution in [0.5, 0.6) is 0 Å². The van der Waals surface area contributed by atoms with Gasteiger partial charge in [-0.1, -0.05) is 23.9 Å². The number of para-hydroxylation sites is 1. The van der Waals surface area contributed by atoms with Gasteiger partial charge in [0, 0.05) is 6.54 Å². The molecule has 0 saturated carbocycles. The number of furan rings is 1. The molecule has 5 heteroatoms. The minimum atomic E-state index is 0.126. The largest absolute Gasteiger partial charge is 0.468 e. The fraction of sp³-hybridized carbons (Fsp3) is 0.154. The van der Waals surface area contributed by atoms with E-state index >= 15 is 0 Å². The standard InChI is InChI=1S/C13H12N2OS2/c14-8-12(10-5-3-7-16-10)18-13-15-9-4-1-2-6-11(9)17-13/h1-7,12H,8,14H2. The molecule has 0 radical (unpaired) electrons. The third-order valence-electron chi connectivity index (χ3n) is 2.59. The summed E-state index contributed by atoms with van der Waals surface area (Å²) in [7, 11) is 0. The van der Waals surface area contributed by atoms with Gasteiger partial charge in [0.05, 0.1) is 21.7 Å². The van der Waals surface area contributed by atoms with Gasteiger partial charge in [-0.2, -0.15) is 0 Å².